The average molecular weight is 350 g/mol. The summed E-state index contributed by atoms with van der Waals surface area (Å²) in [6, 6.07) is 6.97. The van der Waals surface area contributed by atoms with Gasteiger partial charge in [0.1, 0.15) is 0 Å². The number of H-pyrrole nitrogens is 2. The predicted molar refractivity (Wildman–Crippen MR) is 89.9 cm³/mol. The maximum atomic E-state index is 12.2. The van der Waals surface area contributed by atoms with E-state index in [1.807, 2.05) is 0 Å². The Morgan fingerprint density at radius 1 is 1.39 bits per heavy atom. The van der Waals surface area contributed by atoms with E-state index in [0.717, 1.165) is 11.8 Å². The lowest BCUT2D eigenvalue weighted by Gasteiger charge is -2.12. The SMILES string of the molecule is CC(Sc1nc2nc[nH]c2c(=O)[nH]1)C(=O)Nc1ccccc1Cl. The van der Waals surface area contributed by atoms with Crippen LogP contribution in [-0.2, 0) is 4.79 Å². The molecule has 7 nitrogen and oxygen atoms in total. The number of aromatic nitrogens is 4. The molecular formula is C14H12ClN5O2S. The summed E-state index contributed by atoms with van der Waals surface area (Å²) in [5, 5.41) is 3.05. The van der Waals surface area contributed by atoms with Gasteiger partial charge in [0, 0.05) is 0 Å². The summed E-state index contributed by atoms with van der Waals surface area (Å²) in [5.74, 6) is -0.243. The van der Waals surface area contributed by atoms with Gasteiger partial charge in [-0.05, 0) is 19.1 Å². The van der Waals surface area contributed by atoms with Crippen LogP contribution < -0.4 is 10.9 Å². The first-order valence-corrected chi connectivity index (χ1v) is 7.96. The number of carbonyl (C=O) groups excluding carboxylic acids is 1. The molecule has 0 saturated heterocycles. The number of nitrogens with one attached hydrogen (secondary N) is 3. The van der Waals surface area contributed by atoms with Gasteiger partial charge < -0.3 is 10.3 Å². The minimum Gasteiger partial charge on any atom is -0.339 e. The number of nitrogens with zero attached hydrogens (tertiary/aromatic N) is 2. The maximum absolute atomic E-state index is 12.2. The molecule has 1 atom stereocenters. The average Bonchev–Trinajstić information content (AvgIpc) is 2.98. The second-order valence-corrected chi connectivity index (χ2v) is 6.44. The Labute approximate surface area is 139 Å². The van der Waals surface area contributed by atoms with Crippen molar-refractivity contribution in [3.63, 3.8) is 0 Å². The molecule has 3 N–H and O–H groups in total. The zero-order chi connectivity index (χ0) is 16.4. The maximum Gasteiger partial charge on any atom is 0.277 e. The Bertz CT molecular complexity index is 923. The molecule has 2 heterocycles. The van der Waals surface area contributed by atoms with Crippen molar-refractivity contribution >= 4 is 46.1 Å². The molecule has 23 heavy (non-hydrogen) atoms. The summed E-state index contributed by atoms with van der Waals surface area (Å²) < 4.78 is 0. The number of hydrogen-bond donors (Lipinski definition) is 3. The van der Waals surface area contributed by atoms with Crippen LogP contribution >= 0.6 is 23.4 Å². The van der Waals surface area contributed by atoms with E-state index < -0.39 is 5.25 Å². The molecule has 0 fully saturated rings. The van der Waals surface area contributed by atoms with Crippen LogP contribution in [0.15, 0.2) is 40.5 Å². The molecule has 2 aromatic heterocycles. The molecular weight excluding hydrogens is 338 g/mol. The lowest BCUT2D eigenvalue weighted by molar-refractivity contribution is -0.115. The summed E-state index contributed by atoms with van der Waals surface area (Å²) in [5.41, 5.74) is 0.835. The van der Waals surface area contributed by atoms with E-state index in [9.17, 15) is 9.59 Å². The Balaban J connectivity index is 1.75. The van der Waals surface area contributed by atoms with E-state index in [0.29, 0.717) is 27.0 Å². The van der Waals surface area contributed by atoms with Gasteiger partial charge in [-0.15, -0.1) is 0 Å². The number of aromatic amines is 2. The number of fused-ring (bicyclic) bond motifs is 1. The third kappa shape index (κ3) is 3.38. The first-order chi connectivity index (χ1) is 11.0. The zero-order valence-corrected chi connectivity index (χ0v) is 13.5. The molecule has 1 amide bonds. The number of carbonyl (C=O) groups is 1. The molecule has 9 heteroatoms. The quantitative estimate of drug-likeness (QED) is 0.495. The lowest BCUT2D eigenvalue weighted by atomic mass is 10.3. The first kappa shape index (κ1) is 15.6. The van der Waals surface area contributed by atoms with Crippen molar-refractivity contribution in [1.82, 2.24) is 19.9 Å². The first-order valence-electron chi connectivity index (χ1n) is 6.70. The number of rotatable bonds is 4. The Morgan fingerprint density at radius 3 is 2.96 bits per heavy atom. The van der Waals surface area contributed by atoms with Gasteiger partial charge in [0.05, 0.1) is 22.3 Å². The molecule has 0 aliphatic heterocycles. The van der Waals surface area contributed by atoms with Crippen molar-refractivity contribution in [3.05, 3.63) is 46.0 Å². The van der Waals surface area contributed by atoms with E-state index in [-0.39, 0.29) is 11.5 Å². The van der Waals surface area contributed by atoms with E-state index in [1.165, 1.54) is 6.33 Å². The highest BCUT2D eigenvalue weighted by atomic mass is 35.5. The fourth-order valence-electron chi connectivity index (χ4n) is 1.90. The predicted octanol–water partition coefficient (Wildman–Crippen LogP) is 2.42. The highest BCUT2D eigenvalue weighted by molar-refractivity contribution is 8.00. The molecule has 0 aliphatic carbocycles. The van der Waals surface area contributed by atoms with Gasteiger partial charge in [0.15, 0.2) is 16.3 Å². The van der Waals surface area contributed by atoms with Crippen molar-refractivity contribution in [2.24, 2.45) is 0 Å². The van der Waals surface area contributed by atoms with Crippen molar-refractivity contribution in [2.75, 3.05) is 5.32 Å². The molecule has 0 aliphatic rings. The van der Waals surface area contributed by atoms with Gasteiger partial charge in [0.25, 0.3) is 5.56 Å². The largest absolute Gasteiger partial charge is 0.339 e. The van der Waals surface area contributed by atoms with E-state index >= 15 is 0 Å². The van der Waals surface area contributed by atoms with E-state index in [1.54, 1.807) is 31.2 Å². The monoisotopic (exact) mass is 349 g/mol. The molecule has 0 saturated carbocycles. The summed E-state index contributed by atoms with van der Waals surface area (Å²) in [4.78, 5) is 37.6. The van der Waals surface area contributed by atoms with Crippen molar-refractivity contribution in [1.29, 1.82) is 0 Å². The van der Waals surface area contributed by atoms with Crippen LogP contribution in [0.25, 0.3) is 11.2 Å². The summed E-state index contributed by atoms with van der Waals surface area (Å²) in [6.07, 6.45) is 1.40. The van der Waals surface area contributed by atoms with Gasteiger partial charge in [0.2, 0.25) is 5.91 Å². The Kier molecular flexibility index (Phi) is 4.35. The van der Waals surface area contributed by atoms with Crippen LogP contribution in [0.1, 0.15) is 6.92 Å². The number of thioether (sulfide) groups is 1. The van der Waals surface area contributed by atoms with Crippen molar-refractivity contribution < 1.29 is 4.79 Å². The van der Waals surface area contributed by atoms with Crippen LogP contribution in [0.3, 0.4) is 0 Å². The number of imidazole rings is 1. The molecule has 0 radical (unpaired) electrons. The summed E-state index contributed by atoms with van der Waals surface area (Å²) in [7, 11) is 0. The van der Waals surface area contributed by atoms with Gasteiger partial charge >= 0.3 is 0 Å². The third-order valence-corrected chi connectivity index (χ3v) is 4.38. The number of anilines is 1. The van der Waals surface area contributed by atoms with Crippen LogP contribution in [-0.4, -0.2) is 31.1 Å². The number of halogens is 1. The fraction of sp³-hybridized carbons (Fsp3) is 0.143. The number of hydrogen-bond acceptors (Lipinski definition) is 5. The topological polar surface area (TPSA) is 104 Å². The molecule has 0 bridgehead atoms. The summed E-state index contributed by atoms with van der Waals surface area (Å²) in [6.45, 7) is 1.71. The number of amides is 1. The molecule has 1 unspecified atom stereocenters. The van der Waals surface area contributed by atoms with E-state index in [4.69, 9.17) is 11.6 Å². The lowest BCUT2D eigenvalue weighted by Crippen LogP contribution is -2.23. The standard InChI is InChI=1S/C14H12ClN5O2S/c1-7(12(21)18-9-5-3-2-4-8(9)15)23-14-19-11-10(13(22)20-14)16-6-17-11/h2-7H,1H3,(H,18,21)(H2,16,17,19,20,22). The van der Waals surface area contributed by atoms with Gasteiger partial charge in [-0.25, -0.2) is 9.97 Å². The third-order valence-electron chi connectivity index (χ3n) is 3.06. The van der Waals surface area contributed by atoms with Crippen molar-refractivity contribution in [2.45, 2.75) is 17.3 Å². The van der Waals surface area contributed by atoms with E-state index in [2.05, 4.69) is 25.3 Å². The molecule has 3 rings (SSSR count). The minimum atomic E-state index is -0.481. The minimum absolute atomic E-state index is 0.243. The smallest absolute Gasteiger partial charge is 0.277 e. The molecule has 1 aromatic carbocycles. The van der Waals surface area contributed by atoms with Crippen LogP contribution in [0, 0.1) is 0 Å². The highest BCUT2D eigenvalue weighted by Gasteiger charge is 2.18. The van der Waals surface area contributed by atoms with Crippen LogP contribution in [0.2, 0.25) is 5.02 Å². The normalized spacial score (nSPS) is 12.3. The second-order valence-electron chi connectivity index (χ2n) is 4.70. The van der Waals surface area contributed by atoms with Gasteiger partial charge in [-0.1, -0.05) is 35.5 Å². The molecule has 0 spiro atoms. The molecule has 118 valence electrons. The van der Waals surface area contributed by atoms with Crippen LogP contribution in [0.4, 0.5) is 5.69 Å². The number of benzene rings is 1. The fourth-order valence-corrected chi connectivity index (χ4v) is 2.87. The van der Waals surface area contributed by atoms with Gasteiger partial charge in [-0.2, -0.15) is 0 Å². The number of para-hydroxylation sites is 1. The Morgan fingerprint density at radius 2 is 2.17 bits per heavy atom. The zero-order valence-electron chi connectivity index (χ0n) is 12.0. The Hall–Kier alpha value is -2.32. The highest BCUT2D eigenvalue weighted by Crippen LogP contribution is 2.24. The van der Waals surface area contributed by atoms with Crippen molar-refractivity contribution in [3.8, 4) is 0 Å². The van der Waals surface area contributed by atoms with Gasteiger partial charge in [-0.3, -0.25) is 14.6 Å². The van der Waals surface area contributed by atoms with Crippen LogP contribution in [0.5, 0.6) is 0 Å². The second kappa shape index (κ2) is 6.43. The summed E-state index contributed by atoms with van der Waals surface area (Å²) >= 11 is 7.15. The molecule has 3 aromatic rings.